The molecule has 0 bridgehead atoms. The Morgan fingerprint density at radius 1 is 1.31 bits per heavy atom. The molecule has 0 saturated heterocycles. The molecule has 0 spiro atoms. The van der Waals surface area contributed by atoms with E-state index in [0.717, 1.165) is 6.42 Å². The lowest BCUT2D eigenvalue weighted by Gasteiger charge is -2.28. The minimum Gasteiger partial charge on any atom is -0.481 e. The molecule has 0 aliphatic carbocycles. The largest absolute Gasteiger partial charge is 0.481 e. The zero-order valence-corrected chi connectivity index (χ0v) is 10.6. The topological polar surface area (TPSA) is 60.9 Å². The van der Waals surface area contributed by atoms with Gasteiger partial charge in [0.25, 0.3) is 0 Å². The second-order valence-corrected chi connectivity index (χ2v) is 3.98. The average Bonchev–Trinajstić information content (AvgIpc) is 2.24. The van der Waals surface area contributed by atoms with Gasteiger partial charge in [0.15, 0.2) is 0 Å². The average molecular weight is 230 g/mol. The van der Waals surface area contributed by atoms with Gasteiger partial charge in [-0.1, -0.05) is 13.8 Å². The van der Waals surface area contributed by atoms with Crippen LogP contribution in [0, 0.1) is 5.92 Å². The lowest BCUT2D eigenvalue weighted by molar-refractivity contribution is -0.141. The van der Waals surface area contributed by atoms with Crippen LogP contribution in [0.3, 0.4) is 0 Å². The van der Waals surface area contributed by atoms with Crippen molar-refractivity contribution < 1.29 is 14.7 Å². The maximum Gasteiger partial charge on any atom is 0.319 e. The SMILES string of the molecule is CCCN(C)C(=O)N(CC)CC(C)C(=O)O. The molecule has 0 aromatic carbocycles. The molecule has 0 fully saturated rings. The summed E-state index contributed by atoms with van der Waals surface area (Å²) in [4.78, 5) is 25.8. The minimum absolute atomic E-state index is 0.0996. The first-order valence-electron chi connectivity index (χ1n) is 5.66. The quantitative estimate of drug-likeness (QED) is 0.752. The van der Waals surface area contributed by atoms with Gasteiger partial charge >= 0.3 is 12.0 Å². The van der Waals surface area contributed by atoms with Gasteiger partial charge in [-0.25, -0.2) is 4.79 Å². The molecule has 1 N–H and O–H groups in total. The highest BCUT2D eigenvalue weighted by atomic mass is 16.4. The van der Waals surface area contributed by atoms with E-state index in [9.17, 15) is 9.59 Å². The molecule has 0 rings (SSSR count). The number of hydrogen-bond donors (Lipinski definition) is 1. The van der Waals surface area contributed by atoms with Gasteiger partial charge in [0.2, 0.25) is 0 Å². The maximum absolute atomic E-state index is 11.9. The van der Waals surface area contributed by atoms with Crippen LogP contribution in [0.15, 0.2) is 0 Å². The molecule has 16 heavy (non-hydrogen) atoms. The van der Waals surface area contributed by atoms with Gasteiger partial charge in [-0.05, 0) is 13.3 Å². The van der Waals surface area contributed by atoms with Gasteiger partial charge in [-0.15, -0.1) is 0 Å². The Balaban J connectivity index is 4.37. The summed E-state index contributed by atoms with van der Waals surface area (Å²) in [5.41, 5.74) is 0. The van der Waals surface area contributed by atoms with Crippen LogP contribution >= 0.6 is 0 Å². The van der Waals surface area contributed by atoms with Crippen LogP contribution in [-0.4, -0.2) is 53.6 Å². The third kappa shape index (κ3) is 4.51. The van der Waals surface area contributed by atoms with Gasteiger partial charge in [0.05, 0.1) is 5.92 Å². The zero-order chi connectivity index (χ0) is 12.7. The highest BCUT2D eigenvalue weighted by Crippen LogP contribution is 2.04. The molecule has 0 radical (unpaired) electrons. The first-order valence-corrected chi connectivity index (χ1v) is 5.66. The molecule has 0 saturated carbocycles. The molecular weight excluding hydrogens is 208 g/mol. The number of carboxylic acids is 1. The predicted octanol–water partition coefficient (Wildman–Crippen LogP) is 1.49. The van der Waals surface area contributed by atoms with Crippen LogP contribution in [0.4, 0.5) is 4.79 Å². The Morgan fingerprint density at radius 2 is 1.88 bits per heavy atom. The summed E-state index contributed by atoms with van der Waals surface area (Å²) < 4.78 is 0. The van der Waals surface area contributed by atoms with E-state index in [1.807, 2.05) is 13.8 Å². The number of rotatable bonds is 6. The van der Waals surface area contributed by atoms with Crippen LogP contribution in [0.1, 0.15) is 27.2 Å². The van der Waals surface area contributed by atoms with Crippen molar-refractivity contribution >= 4 is 12.0 Å². The van der Waals surface area contributed by atoms with E-state index in [4.69, 9.17) is 5.11 Å². The van der Waals surface area contributed by atoms with Crippen LogP contribution in [0.5, 0.6) is 0 Å². The first kappa shape index (κ1) is 14.7. The number of hydrogen-bond acceptors (Lipinski definition) is 2. The summed E-state index contributed by atoms with van der Waals surface area (Å²) in [6.45, 7) is 6.95. The summed E-state index contributed by atoms with van der Waals surface area (Å²) in [7, 11) is 1.74. The fourth-order valence-electron chi connectivity index (χ4n) is 1.42. The molecule has 5 nitrogen and oxygen atoms in total. The number of carboxylic acid groups (broad SMARTS) is 1. The van der Waals surface area contributed by atoms with Crippen molar-refractivity contribution in [1.29, 1.82) is 0 Å². The summed E-state index contributed by atoms with van der Waals surface area (Å²) in [6, 6.07) is -0.0996. The highest BCUT2D eigenvalue weighted by Gasteiger charge is 2.21. The van der Waals surface area contributed by atoms with E-state index in [0.29, 0.717) is 13.1 Å². The number of amides is 2. The van der Waals surface area contributed by atoms with Crippen LogP contribution in [0.2, 0.25) is 0 Å². The van der Waals surface area contributed by atoms with Gasteiger partial charge in [-0.2, -0.15) is 0 Å². The van der Waals surface area contributed by atoms with Gasteiger partial charge in [0, 0.05) is 26.7 Å². The first-order chi connectivity index (χ1) is 7.43. The monoisotopic (exact) mass is 230 g/mol. The van der Waals surface area contributed by atoms with Crippen molar-refractivity contribution in [3.63, 3.8) is 0 Å². The molecule has 2 amide bonds. The molecule has 5 heteroatoms. The van der Waals surface area contributed by atoms with E-state index in [-0.39, 0.29) is 12.6 Å². The predicted molar refractivity (Wildman–Crippen MR) is 62.4 cm³/mol. The Labute approximate surface area is 97.0 Å². The van der Waals surface area contributed by atoms with Gasteiger partial charge in [0.1, 0.15) is 0 Å². The molecule has 1 atom stereocenters. The normalized spacial score (nSPS) is 12.0. The van der Waals surface area contributed by atoms with Crippen molar-refractivity contribution in [2.45, 2.75) is 27.2 Å². The summed E-state index contributed by atoms with van der Waals surface area (Å²) in [5.74, 6) is -1.40. The molecule has 0 aliphatic rings. The number of carbonyl (C=O) groups excluding carboxylic acids is 1. The highest BCUT2D eigenvalue weighted by molar-refractivity contribution is 5.75. The van der Waals surface area contributed by atoms with Crippen molar-refractivity contribution in [1.82, 2.24) is 9.80 Å². The Kier molecular flexibility index (Phi) is 6.53. The third-order valence-corrected chi connectivity index (χ3v) is 2.45. The Bertz CT molecular complexity index is 243. The zero-order valence-electron chi connectivity index (χ0n) is 10.6. The maximum atomic E-state index is 11.9. The fourth-order valence-corrected chi connectivity index (χ4v) is 1.42. The van der Waals surface area contributed by atoms with E-state index >= 15 is 0 Å². The number of aliphatic carboxylic acids is 1. The van der Waals surface area contributed by atoms with Crippen molar-refractivity contribution in [2.24, 2.45) is 5.92 Å². The Hall–Kier alpha value is -1.26. The molecular formula is C11H22N2O3. The van der Waals surface area contributed by atoms with E-state index in [1.165, 1.54) is 0 Å². The van der Waals surface area contributed by atoms with Gasteiger partial charge < -0.3 is 14.9 Å². The minimum atomic E-state index is -0.871. The lowest BCUT2D eigenvalue weighted by atomic mass is 10.2. The molecule has 0 aromatic rings. The van der Waals surface area contributed by atoms with Crippen molar-refractivity contribution in [3.05, 3.63) is 0 Å². The molecule has 1 unspecified atom stereocenters. The third-order valence-electron chi connectivity index (χ3n) is 2.45. The van der Waals surface area contributed by atoms with Crippen LogP contribution < -0.4 is 0 Å². The summed E-state index contributed by atoms with van der Waals surface area (Å²) in [6.07, 6.45) is 0.897. The molecule has 0 aromatic heterocycles. The smallest absolute Gasteiger partial charge is 0.319 e. The number of nitrogens with zero attached hydrogens (tertiary/aromatic N) is 2. The van der Waals surface area contributed by atoms with E-state index in [2.05, 4.69) is 0 Å². The molecule has 0 heterocycles. The lowest BCUT2D eigenvalue weighted by Crippen LogP contribution is -2.44. The molecule has 94 valence electrons. The number of urea groups is 1. The number of carbonyl (C=O) groups is 2. The summed E-state index contributed by atoms with van der Waals surface area (Å²) in [5, 5.41) is 8.80. The van der Waals surface area contributed by atoms with Crippen molar-refractivity contribution in [3.8, 4) is 0 Å². The van der Waals surface area contributed by atoms with Crippen LogP contribution in [0.25, 0.3) is 0 Å². The van der Waals surface area contributed by atoms with Crippen LogP contribution in [-0.2, 0) is 4.79 Å². The van der Waals surface area contributed by atoms with E-state index < -0.39 is 11.9 Å². The standard InChI is InChI=1S/C11H22N2O3/c1-5-7-12(4)11(16)13(6-2)8-9(3)10(14)15/h9H,5-8H2,1-4H3,(H,14,15). The fraction of sp³-hybridized carbons (Fsp3) is 0.818. The summed E-state index contributed by atoms with van der Waals surface area (Å²) >= 11 is 0. The Morgan fingerprint density at radius 3 is 2.25 bits per heavy atom. The van der Waals surface area contributed by atoms with Gasteiger partial charge in [-0.3, -0.25) is 4.79 Å². The van der Waals surface area contributed by atoms with E-state index in [1.54, 1.807) is 23.8 Å². The molecule has 0 aliphatic heterocycles. The second-order valence-electron chi connectivity index (χ2n) is 3.98. The van der Waals surface area contributed by atoms with Crippen molar-refractivity contribution in [2.75, 3.05) is 26.7 Å². The second kappa shape index (κ2) is 7.09.